The molecule has 0 saturated carbocycles. The highest BCUT2D eigenvalue weighted by molar-refractivity contribution is 7.21. The smallest absolute Gasteiger partial charge is 0.335 e. The molecule has 0 saturated heterocycles. The topological polar surface area (TPSA) is 137 Å². The third-order valence-corrected chi connectivity index (χ3v) is 6.24. The SMILES string of the molecule is O=C(O)c1ccc(-c2nc(NCCc3ccc4c(c3)OCCO4)c3cc([N+](=O)[O-])sc3n2)cc1. The molecule has 3 heterocycles. The number of fused-ring (bicyclic) bond motifs is 2. The number of anilines is 1. The molecule has 0 bridgehead atoms. The Hall–Kier alpha value is -4.25. The number of nitrogens with zero attached hydrogens (tertiary/aromatic N) is 3. The fourth-order valence-electron chi connectivity index (χ4n) is 3.59. The lowest BCUT2D eigenvalue weighted by atomic mass is 10.1. The minimum Gasteiger partial charge on any atom is -0.486 e. The Labute approximate surface area is 197 Å². The maximum Gasteiger partial charge on any atom is 0.335 e. The zero-order valence-corrected chi connectivity index (χ0v) is 18.5. The van der Waals surface area contributed by atoms with E-state index in [9.17, 15) is 14.9 Å². The van der Waals surface area contributed by atoms with Crippen LogP contribution in [-0.2, 0) is 6.42 Å². The first kappa shape index (κ1) is 21.6. The number of thiophene rings is 1. The van der Waals surface area contributed by atoms with Gasteiger partial charge in [0, 0.05) is 18.2 Å². The van der Waals surface area contributed by atoms with Crippen molar-refractivity contribution in [2.45, 2.75) is 6.42 Å². The van der Waals surface area contributed by atoms with Gasteiger partial charge >= 0.3 is 11.0 Å². The van der Waals surface area contributed by atoms with Crippen molar-refractivity contribution in [2.75, 3.05) is 25.1 Å². The summed E-state index contributed by atoms with van der Waals surface area (Å²) in [6.45, 7) is 1.57. The predicted octanol–water partition coefficient (Wildman–Crippen LogP) is 4.39. The lowest BCUT2D eigenvalue weighted by molar-refractivity contribution is -0.380. The van der Waals surface area contributed by atoms with E-state index in [4.69, 9.17) is 14.6 Å². The van der Waals surface area contributed by atoms with Crippen LogP contribution in [0, 0.1) is 10.1 Å². The van der Waals surface area contributed by atoms with Gasteiger partial charge in [0.2, 0.25) is 0 Å². The van der Waals surface area contributed by atoms with Crippen molar-refractivity contribution in [1.82, 2.24) is 9.97 Å². The summed E-state index contributed by atoms with van der Waals surface area (Å²) in [7, 11) is 0. The summed E-state index contributed by atoms with van der Waals surface area (Å²) in [4.78, 5) is 31.6. The predicted molar refractivity (Wildman–Crippen MR) is 126 cm³/mol. The van der Waals surface area contributed by atoms with E-state index in [-0.39, 0.29) is 10.6 Å². The summed E-state index contributed by atoms with van der Waals surface area (Å²) in [5.74, 6) is 1.24. The Bertz CT molecular complexity index is 1400. The molecule has 4 aromatic rings. The van der Waals surface area contributed by atoms with Crippen LogP contribution < -0.4 is 14.8 Å². The number of hydrogen-bond donors (Lipinski definition) is 2. The van der Waals surface area contributed by atoms with Crippen molar-refractivity contribution >= 4 is 38.3 Å². The lowest BCUT2D eigenvalue weighted by Gasteiger charge is -2.19. The van der Waals surface area contributed by atoms with E-state index in [1.54, 1.807) is 12.1 Å². The van der Waals surface area contributed by atoms with Gasteiger partial charge < -0.3 is 19.9 Å². The summed E-state index contributed by atoms with van der Waals surface area (Å²) in [5, 5.41) is 24.3. The second-order valence-electron chi connectivity index (χ2n) is 7.49. The van der Waals surface area contributed by atoms with Crippen LogP contribution in [0.4, 0.5) is 10.8 Å². The highest BCUT2D eigenvalue weighted by Crippen LogP contribution is 2.35. The van der Waals surface area contributed by atoms with E-state index in [0.717, 1.165) is 22.6 Å². The molecule has 5 rings (SSSR count). The molecule has 0 spiro atoms. The maximum atomic E-state index is 11.3. The number of nitrogens with one attached hydrogen (secondary N) is 1. The Kier molecular flexibility index (Phi) is 5.68. The second-order valence-corrected chi connectivity index (χ2v) is 8.50. The van der Waals surface area contributed by atoms with Crippen LogP contribution in [0.5, 0.6) is 11.5 Å². The molecular formula is C23H18N4O6S. The van der Waals surface area contributed by atoms with Gasteiger partial charge in [0.1, 0.15) is 23.9 Å². The molecule has 2 N–H and O–H groups in total. The second kappa shape index (κ2) is 8.94. The van der Waals surface area contributed by atoms with E-state index in [0.29, 0.717) is 59.4 Å². The van der Waals surface area contributed by atoms with Crippen LogP contribution >= 0.6 is 11.3 Å². The van der Waals surface area contributed by atoms with Crippen LogP contribution in [0.15, 0.2) is 48.5 Å². The lowest BCUT2D eigenvalue weighted by Crippen LogP contribution is -2.15. The minimum absolute atomic E-state index is 0.0300. The monoisotopic (exact) mass is 478 g/mol. The molecule has 0 amide bonds. The van der Waals surface area contributed by atoms with Gasteiger partial charge in [-0.2, -0.15) is 0 Å². The number of carboxylic acids is 1. The fourth-order valence-corrected chi connectivity index (χ4v) is 4.44. The number of aromatic nitrogens is 2. The van der Waals surface area contributed by atoms with Gasteiger partial charge in [-0.05, 0) is 47.6 Å². The molecule has 0 unspecified atom stereocenters. The van der Waals surface area contributed by atoms with Crippen LogP contribution in [0.3, 0.4) is 0 Å². The first-order chi connectivity index (χ1) is 16.5. The number of rotatable bonds is 7. The highest BCUT2D eigenvalue weighted by Gasteiger charge is 2.19. The molecule has 0 atom stereocenters. The molecule has 2 aromatic carbocycles. The largest absolute Gasteiger partial charge is 0.486 e. The van der Waals surface area contributed by atoms with E-state index < -0.39 is 10.9 Å². The molecule has 34 heavy (non-hydrogen) atoms. The number of carboxylic acid groups (broad SMARTS) is 1. The molecule has 1 aliphatic rings. The first-order valence-electron chi connectivity index (χ1n) is 10.4. The average Bonchev–Trinajstić information content (AvgIpc) is 3.29. The summed E-state index contributed by atoms with van der Waals surface area (Å²) < 4.78 is 11.2. The van der Waals surface area contributed by atoms with E-state index in [1.165, 1.54) is 18.2 Å². The number of aromatic carboxylic acids is 1. The first-order valence-corrected chi connectivity index (χ1v) is 11.2. The van der Waals surface area contributed by atoms with Gasteiger partial charge in [0.05, 0.1) is 15.9 Å². The van der Waals surface area contributed by atoms with Crippen molar-refractivity contribution in [2.24, 2.45) is 0 Å². The Morgan fingerprint density at radius 1 is 1.09 bits per heavy atom. The average molecular weight is 478 g/mol. The molecule has 2 aromatic heterocycles. The summed E-state index contributed by atoms with van der Waals surface area (Å²) >= 11 is 0.967. The van der Waals surface area contributed by atoms with Gasteiger partial charge in [-0.1, -0.05) is 18.2 Å². The Balaban J connectivity index is 1.42. The number of benzene rings is 2. The molecular weight excluding hydrogens is 460 g/mol. The van der Waals surface area contributed by atoms with Gasteiger partial charge in [-0.15, -0.1) is 0 Å². The van der Waals surface area contributed by atoms with Crippen molar-refractivity contribution in [3.63, 3.8) is 0 Å². The van der Waals surface area contributed by atoms with E-state index in [2.05, 4.69) is 15.3 Å². The van der Waals surface area contributed by atoms with Crippen molar-refractivity contribution < 1.29 is 24.3 Å². The summed E-state index contributed by atoms with van der Waals surface area (Å²) in [6.07, 6.45) is 0.664. The number of nitro groups is 1. The zero-order valence-electron chi connectivity index (χ0n) is 17.7. The van der Waals surface area contributed by atoms with Crippen molar-refractivity contribution in [3.8, 4) is 22.9 Å². The number of ether oxygens (including phenoxy) is 2. The van der Waals surface area contributed by atoms with Crippen LogP contribution in [0.1, 0.15) is 15.9 Å². The van der Waals surface area contributed by atoms with Gasteiger partial charge in [-0.3, -0.25) is 10.1 Å². The quantitative estimate of drug-likeness (QED) is 0.293. The summed E-state index contributed by atoms with van der Waals surface area (Å²) in [6, 6.07) is 13.4. The normalized spacial score (nSPS) is 12.5. The highest BCUT2D eigenvalue weighted by atomic mass is 32.1. The molecule has 0 radical (unpaired) electrons. The standard InChI is InChI=1S/C23H18N4O6S/c28-23(29)15-4-2-14(3-5-15)20-25-21(16-12-19(27(30)31)34-22(16)26-20)24-8-7-13-1-6-17-18(11-13)33-10-9-32-17/h1-6,11-12H,7-10H2,(H,28,29)(H,24,25,26). The molecule has 0 aliphatic carbocycles. The van der Waals surface area contributed by atoms with E-state index >= 15 is 0 Å². The molecule has 0 fully saturated rings. The number of hydrogen-bond acceptors (Lipinski definition) is 9. The fraction of sp³-hybridized carbons (Fsp3) is 0.174. The number of carbonyl (C=O) groups is 1. The van der Waals surface area contributed by atoms with E-state index in [1.807, 2.05) is 18.2 Å². The van der Waals surface area contributed by atoms with Crippen LogP contribution in [0.25, 0.3) is 21.6 Å². The minimum atomic E-state index is -1.03. The van der Waals surface area contributed by atoms with Crippen molar-refractivity contribution in [3.05, 3.63) is 69.8 Å². The Morgan fingerprint density at radius 3 is 2.59 bits per heavy atom. The molecule has 11 heteroatoms. The summed E-state index contributed by atoms with van der Waals surface area (Å²) in [5.41, 5.74) is 1.80. The third-order valence-electron chi connectivity index (χ3n) is 5.26. The third kappa shape index (κ3) is 4.33. The van der Waals surface area contributed by atoms with Gasteiger partial charge in [0.25, 0.3) is 0 Å². The molecule has 10 nitrogen and oxygen atoms in total. The van der Waals surface area contributed by atoms with Crippen LogP contribution in [0.2, 0.25) is 0 Å². The zero-order chi connectivity index (χ0) is 23.7. The van der Waals surface area contributed by atoms with Crippen LogP contribution in [-0.4, -0.2) is 45.7 Å². The molecule has 1 aliphatic heterocycles. The Morgan fingerprint density at radius 2 is 1.85 bits per heavy atom. The maximum absolute atomic E-state index is 11.3. The van der Waals surface area contributed by atoms with Gasteiger partial charge in [-0.25, -0.2) is 14.8 Å². The van der Waals surface area contributed by atoms with Gasteiger partial charge in [0.15, 0.2) is 17.3 Å². The van der Waals surface area contributed by atoms with Crippen molar-refractivity contribution in [1.29, 1.82) is 0 Å². The molecule has 172 valence electrons.